The molecule has 0 aliphatic rings. The van der Waals surface area contributed by atoms with Crippen molar-refractivity contribution in [2.45, 2.75) is 18.1 Å². The molecule has 0 spiro atoms. The molecule has 0 unspecified atom stereocenters. The Morgan fingerprint density at radius 3 is 2.70 bits per heavy atom. The Bertz CT molecular complexity index is 961. The minimum absolute atomic E-state index is 0.195. The van der Waals surface area contributed by atoms with Crippen LogP contribution in [0.15, 0.2) is 45.1 Å². The largest absolute Gasteiger partial charge is 0.355 e. The van der Waals surface area contributed by atoms with Crippen LogP contribution in [-0.4, -0.2) is 13.6 Å². The van der Waals surface area contributed by atoms with Gasteiger partial charge in [0.15, 0.2) is 5.76 Å². The molecule has 0 atom stereocenters. The maximum atomic E-state index is 12.5. The van der Waals surface area contributed by atoms with Crippen molar-refractivity contribution in [3.05, 3.63) is 52.7 Å². The van der Waals surface area contributed by atoms with Crippen molar-refractivity contribution >= 4 is 38.6 Å². The molecule has 1 N–H and O–H groups in total. The molecule has 0 bridgehead atoms. The van der Waals surface area contributed by atoms with E-state index in [-0.39, 0.29) is 4.21 Å². The molecule has 0 amide bonds. The monoisotopic (exact) mass is 368 g/mol. The van der Waals surface area contributed by atoms with Crippen LogP contribution in [-0.2, 0) is 10.0 Å². The van der Waals surface area contributed by atoms with E-state index >= 15 is 0 Å². The Balaban J connectivity index is 1.91. The van der Waals surface area contributed by atoms with E-state index in [1.807, 2.05) is 6.92 Å². The lowest BCUT2D eigenvalue weighted by molar-refractivity contribution is 0.428. The van der Waals surface area contributed by atoms with Crippen LogP contribution in [0.1, 0.15) is 11.3 Å². The fraction of sp³-hybridized carbons (Fsp3) is 0.133. The molecule has 0 saturated heterocycles. The van der Waals surface area contributed by atoms with Crippen LogP contribution in [0, 0.1) is 13.8 Å². The van der Waals surface area contributed by atoms with Crippen LogP contribution in [0.2, 0.25) is 5.02 Å². The van der Waals surface area contributed by atoms with Crippen molar-refractivity contribution < 1.29 is 12.9 Å². The summed E-state index contributed by atoms with van der Waals surface area (Å²) >= 11 is 7.14. The van der Waals surface area contributed by atoms with Gasteiger partial charge in [0.2, 0.25) is 0 Å². The van der Waals surface area contributed by atoms with Crippen molar-refractivity contribution in [2.75, 3.05) is 4.72 Å². The second-order valence-corrected chi connectivity index (χ2v) is 8.37. The topological polar surface area (TPSA) is 72.2 Å². The second kappa shape index (κ2) is 5.99. The summed E-state index contributed by atoms with van der Waals surface area (Å²) in [5.41, 5.74) is 1.88. The fourth-order valence-corrected chi connectivity index (χ4v) is 4.54. The van der Waals surface area contributed by atoms with Gasteiger partial charge in [-0.3, -0.25) is 4.72 Å². The van der Waals surface area contributed by atoms with E-state index in [2.05, 4.69) is 9.88 Å². The van der Waals surface area contributed by atoms with Crippen molar-refractivity contribution in [2.24, 2.45) is 0 Å². The third-order valence-corrected chi connectivity index (χ3v) is 6.60. The van der Waals surface area contributed by atoms with Gasteiger partial charge < -0.3 is 4.52 Å². The zero-order chi connectivity index (χ0) is 16.6. The number of sulfonamides is 1. The highest BCUT2D eigenvalue weighted by Gasteiger charge is 2.20. The molecule has 2 aromatic heterocycles. The number of nitrogens with zero attached hydrogens (tertiary/aromatic N) is 1. The summed E-state index contributed by atoms with van der Waals surface area (Å²) in [7, 11) is -3.69. The molecule has 5 nitrogen and oxygen atoms in total. The Morgan fingerprint density at radius 1 is 1.22 bits per heavy atom. The predicted molar refractivity (Wildman–Crippen MR) is 91.6 cm³/mol. The van der Waals surface area contributed by atoms with Crippen LogP contribution < -0.4 is 4.72 Å². The zero-order valence-electron chi connectivity index (χ0n) is 12.3. The van der Waals surface area contributed by atoms with Crippen LogP contribution >= 0.6 is 22.9 Å². The summed E-state index contributed by atoms with van der Waals surface area (Å²) in [6.07, 6.45) is 0. The minimum atomic E-state index is -3.69. The average Bonchev–Trinajstić information content (AvgIpc) is 3.12. The standard InChI is InChI=1S/C15H13ClN2O3S2/c1-9-8-13(21-17-9)14-6-7-15(22-14)23(19,20)18-12-5-3-4-11(16)10(12)2/h3-8,18H,1-2H3. The summed E-state index contributed by atoms with van der Waals surface area (Å²) in [4.78, 5) is 0.703. The number of benzene rings is 1. The van der Waals surface area contributed by atoms with E-state index in [9.17, 15) is 8.42 Å². The van der Waals surface area contributed by atoms with E-state index in [4.69, 9.17) is 16.1 Å². The summed E-state index contributed by atoms with van der Waals surface area (Å²) in [6.45, 7) is 3.57. The fourth-order valence-electron chi connectivity index (χ4n) is 1.99. The normalized spacial score (nSPS) is 11.6. The SMILES string of the molecule is Cc1cc(-c2ccc(S(=O)(=O)Nc3cccc(Cl)c3C)s2)on1. The number of nitrogens with one attached hydrogen (secondary N) is 1. The lowest BCUT2D eigenvalue weighted by Crippen LogP contribution is -2.12. The summed E-state index contributed by atoms with van der Waals surface area (Å²) < 4.78 is 33.0. The summed E-state index contributed by atoms with van der Waals surface area (Å²) in [6, 6.07) is 10.1. The number of aryl methyl sites for hydroxylation is 1. The highest BCUT2D eigenvalue weighted by Crippen LogP contribution is 2.33. The van der Waals surface area contributed by atoms with Crippen LogP contribution in [0.25, 0.3) is 10.6 Å². The van der Waals surface area contributed by atoms with Gasteiger partial charge in [0.25, 0.3) is 10.0 Å². The Kier molecular flexibility index (Phi) is 4.18. The average molecular weight is 369 g/mol. The van der Waals surface area contributed by atoms with E-state index in [0.717, 1.165) is 17.0 Å². The van der Waals surface area contributed by atoms with E-state index in [0.29, 0.717) is 26.9 Å². The summed E-state index contributed by atoms with van der Waals surface area (Å²) in [5.74, 6) is 0.549. The van der Waals surface area contributed by atoms with Gasteiger partial charge in [-0.2, -0.15) is 0 Å². The number of anilines is 1. The first kappa shape index (κ1) is 16.0. The molecular formula is C15H13ClN2O3S2. The van der Waals surface area contributed by atoms with Crippen LogP contribution in [0.5, 0.6) is 0 Å². The first-order valence-corrected chi connectivity index (χ1v) is 9.36. The first-order valence-electron chi connectivity index (χ1n) is 6.68. The van der Waals surface area contributed by atoms with Crippen molar-refractivity contribution in [1.29, 1.82) is 0 Å². The number of hydrogen-bond acceptors (Lipinski definition) is 5. The van der Waals surface area contributed by atoms with Gasteiger partial charge in [-0.05, 0) is 43.7 Å². The second-order valence-electron chi connectivity index (χ2n) is 4.97. The van der Waals surface area contributed by atoms with E-state index < -0.39 is 10.0 Å². The lowest BCUT2D eigenvalue weighted by Gasteiger charge is -2.10. The Morgan fingerprint density at radius 2 is 2.00 bits per heavy atom. The van der Waals surface area contributed by atoms with Gasteiger partial charge in [0.05, 0.1) is 16.3 Å². The van der Waals surface area contributed by atoms with Gasteiger partial charge in [-0.25, -0.2) is 8.42 Å². The van der Waals surface area contributed by atoms with Gasteiger partial charge in [-0.1, -0.05) is 22.8 Å². The smallest absolute Gasteiger partial charge is 0.271 e. The highest BCUT2D eigenvalue weighted by molar-refractivity contribution is 7.94. The molecular weight excluding hydrogens is 356 g/mol. The van der Waals surface area contributed by atoms with Gasteiger partial charge >= 0.3 is 0 Å². The molecule has 120 valence electrons. The molecule has 2 heterocycles. The van der Waals surface area contributed by atoms with Crippen LogP contribution in [0.3, 0.4) is 0 Å². The minimum Gasteiger partial charge on any atom is -0.355 e. The third-order valence-electron chi connectivity index (χ3n) is 3.23. The van der Waals surface area contributed by atoms with E-state index in [1.165, 1.54) is 0 Å². The maximum absolute atomic E-state index is 12.5. The molecule has 3 aromatic rings. The number of thiophene rings is 1. The quantitative estimate of drug-likeness (QED) is 0.737. The number of rotatable bonds is 4. The van der Waals surface area contributed by atoms with Crippen LogP contribution in [0.4, 0.5) is 5.69 Å². The number of halogens is 1. The molecule has 3 rings (SSSR count). The Hall–Kier alpha value is -1.83. The van der Waals surface area contributed by atoms with Gasteiger partial charge in [0, 0.05) is 11.1 Å². The molecule has 0 fully saturated rings. The van der Waals surface area contributed by atoms with Crippen molar-refractivity contribution in [3.63, 3.8) is 0 Å². The maximum Gasteiger partial charge on any atom is 0.271 e. The van der Waals surface area contributed by atoms with Gasteiger partial charge in [-0.15, -0.1) is 11.3 Å². The Labute approximate surface area is 142 Å². The summed E-state index contributed by atoms with van der Waals surface area (Å²) in [5, 5.41) is 4.31. The molecule has 1 aromatic carbocycles. The number of aromatic nitrogens is 1. The van der Waals surface area contributed by atoms with E-state index in [1.54, 1.807) is 43.3 Å². The third kappa shape index (κ3) is 3.26. The molecule has 23 heavy (non-hydrogen) atoms. The number of hydrogen-bond donors (Lipinski definition) is 1. The highest BCUT2D eigenvalue weighted by atomic mass is 35.5. The molecule has 0 aliphatic carbocycles. The molecule has 0 radical (unpaired) electrons. The molecule has 0 saturated carbocycles. The molecule has 8 heteroatoms. The lowest BCUT2D eigenvalue weighted by atomic mass is 10.2. The first-order chi connectivity index (χ1) is 10.9. The molecule has 0 aliphatic heterocycles. The van der Waals surface area contributed by atoms with Crippen molar-refractivity contribution in [3.8, 4) is 10.6 Å². The van der Waals surface area contributed by atoms with Crippen molar-refractivity contribution in [1.82, 2.24) is 5.16 Å². The van der Waals surface area contributed by atoms with Gasteiger partial charge in [0.1, 0.15) is 4.21 Å². The predicted octanol–water partition coefficient (Wildman–Crippen LogP) is 4.47. The zero-order valence-corrected chi connectivity index (χ0v) is 14.7.